The second-order valence-corrected chi connectivity index (χ2v) is 5.41. The summed E-state index contributed by atoms with van der Waals surface area (Å²) in [5.41, 5.74) is 5.42. The molecule has 0 unspecified atom stereocenters. The number of ether oxygens (including phenoxy) is 1. The van der Waals surface area contributed by atoms with E-state index in [1.165, 1.54) is 0 Å². The SMILES string of the molecule is C[C@@H]1C[C@H](N)CCN1C(=O)OC(C)(C)C.O=CO. The lowest BCUT2D eigenvalue weighted by Crippen LogP contribution is -2.49. The summed E-state index contributed by atoms with van der Waals surface area (Å²) in [6.45, 7) is 8.11. The summed E-state index contributed by atoms with van der Waals surface area (Å²) >= 11 is 0. The van der Waals surface area contributed by atoms with E-state index in [-0.39, 0.29) is 24.6 Å². The summed E-state index contributed by atoms with van der Waals surface area (Å²) < 4.78 is 5.33. The molecule has 0 aromatic heterocycles. The number of rotatable bonds is 0. The Hall–Kier alpha value is -1.30. The van der Waals surface area contributed by atoms with E-state index >= 15 is 0 Å². The van der Waals surface area contributed by atoms with Crippen LogP contribution >= 0.6 is 0 Å². The van der Waals surface area contributed by atoms with Crippen molar-refractivity contribution < 1.29 is 19.4 Å². The highest BCUT2D eigenvalue weighted by atomic mass is 16.6. The van der Waals surface area contributed by atoms with E-state index in [1.807, 2.05) is 27.7 Å². The molecular weight excluding hydrogens is 236 g/mol. The zero-order valence-corrected chi connectivity index (χ0v) is 11.5. The zero-order valence-electron chi connectivity index (χ0n) is 11.5. The molecule has 1 amide bonds. The van der Waals surface area contributed by atoms with E-state index in [0.717, 1.165) is 12.8 Å². The minimum atomic E-state index is -0.420. The Labute approximate surface area is 108 Å². The van der Waals surface area contributed by atoms with Crippen LogP contribution in [0.2, 0.25) is 0 Å². The third kappa shape index (κ3) is 6.44. The fourth-order valence-electron chi connectivity index (χ4n) is 1.80. The van der Waals surface area contributed by atoms with E-state index < -0.39 is 5.60 Å². The van der Waals surface area contributed by atoms with Gasteiger partial charge in [0.15, 0.2) is 0 Å². The highest BCUT2D eigenvalue weighted by Gasteiger charge is 2.30. The van der Waals surface area contributed by atoms with Gasteiger partial charge in [0.25, 0.3) is 6.47 Å². The zero-order chi connectivity index (χ0) is 14.3. The van der Waals surface area contributed by atoms with Crippen LogP contribution in [0.4, 0.5) is 4.79 Å². The number of hydrogen-bond donors (Lipinski definition) is 2. The summed E-state index contributed by atoms with van der Waals surface area (Å²) in [6, 6.07) is 0.405. The van der Waals surface area contributed by atoms with Crippen LogP contribution in [0.5, 0.6) is 0 Å². The monoisotopic (exact) mass is 260 g/mol. The average Bonchev–Trinajstić information content (AvgIpc) is 2.15. The van der Waals surface area contributed by atoms with Crippen molar-refractivity contribution in [2.45, 2.75) is 58.2 Å². The standard InChI is InChI=1S/C11H22N2O2.CH2O2/c1-8-7-9(12)5-6-13(8)10(14)15-11(2,3)4;2-1-3/h8-9H,5-7,12H2,1-4H3;1H,(H,2,3)/t8-,9-;/m1./s1. The highest BCUT2D eigenvalue weighted by molar-refractivity contribution is 5.68. The van der Waals surface area contributed by atoms with Crippen molar-refractivity contribution in [3.05, 3.63) is 0 Å². The van der Waals surface area contributed by atoms with Crippen molar-refractivity contribution in [3.8, 4) is 0 Å². The average molecular weight is 260 g/mol. The van der Waals surface area contributed by atoms with Crippen molar-refractivity contribution >= 4 is 12.6 Å². The number of amides is 1. The van der Waals surface area contributed by atoms with Gasteiger partial charge < -0.3 is 20.5 Å². The molecule has 6 nitrogen and oxygen atoms in total. The van der Waals surface area contributed by atoms with Gasteiger partial charge in [0.1, 0.15) is 5.60 Å². The van der Waals surface area contributed by atoms with Crippen LogP contribution in [0.3, 0.4) is 0 Å². The summed E-state index contributed by atoms with van der Waals surface area (Å²) in [6.07, 6.45) is 1.50. The molecule has 18 heavy (non-hydrogen) atoms. The minimum Gasteiger partial charge on any atom is -0.483 e. The van der Waals surface area contributed by atoms with Crippen LogP contribution in [0.25, 0.3) is 0 Å². The first-order chi connectivity index (χ1) is 8.21. The molecule has 0 aromatic rings. The summed E-state index contributed by atoms with van der Waals surface area (Å²) in [4.78, 5) is 21.9. The van der Waals surface area contributed by atoms with Crippen LogP contribution in [0, 0.1) is 0 Å². The van der Waals surface area contributed by atoms with Gasteiger partial charge in [0.2, 0.25) is 0 Å². The van der Waals surface area contributed by atoms with Crippen molar-refractivity contribution in [1.29, 1.82) is 0 Å². The molecule has 0 saturated carbocycles. The first kappa shape index (κ1) is 16.7. The number of carbonyl (C=O) groups excluding carboxylic acids is 1. The maximum Gasteiger partial charge on any atom is 0.410 e. The third-order valence-electron chi connectivity index (χ3n) is 2.54. The second kappa shape index (κ2) is 7.20. The summed E-state index contributed by atoms with van der Waals surface area (Å²) in [5, 5.41) is 6.89. The number of nitrogens with zero attached hydrogens (tertiary/aromatic N) is 1. The molecular formula is C12H24N2O4. The number of carboxylic acid groups (broad SMARTS) is 1. The van der Waals surface area contributed by atoms with Crippen LogP contribution < -0.4 is 5.73 Å². The van der Waals surface area contributed by atoms with E-state index in [2.05, 4.69) is 0 Å². The quantitative estimate of drug-likeness (QED) is 0.643. The molecule has 0 bridgehead atoms. The molecule has 1 rings (SSSR count). The van der Waals surface area contributed by atoms with Crippen molar-refractivity contribution in [1.82, 2.24) is 4.90 Å². The number of carbonyl (C=O) groups is 2. The van der Waals surface area contributed by atoms with Gasteiger partial charge in [-0.15, -0.1) is 0 Å². The van der Waals surface area contributed by atoms with Crippen molar-refractivity contribution in [2.75, 3.05) is 6.54 Å². The topological polar surface area (TPSA) is 92.9 Å². The first-order valence-corrected chi connectivity index (χ1v) is 6.04. The van der Waals surface area contributed by atoms with Crippen LogP contribution in [0.1, 0.15) is 40.5 Å². The molecule has 0 radical (unpaired) electrons. The molecule has 0 aliphatic carbocycles. The fraction of sp³-hybridized carbons (Fsp3) is 0.833. The lowest BCUT2D eigenvalue weighted by atomic mass is 10.00. The van der Waals surface area contributed by atoms with Crippen LogP contribution in [0.15, 0.2) is 0 Å². The molecule has 0 aromatic carbocycles. The normalized spacial score (nSPS) is 23.7. The molecule has 1 saturated heterocycles. The van der Waals surface area contributed by atoms with Gasteiger partial charge in [-0.2, -0.15) is 0 Å². The molecule has 1 aliphatic heterocycles. The second-order valence-electron chi connectivity index (χ2n) is 5.41. The fourth-order valence-corrected chi connectivity index (χ4v) is 1.80. The third-order valence-corrected chi connectivity index (χ3v) is 2.54. The smallest absolute Gasteiger partial charge is 0.410 e. The molecule has 0 spiro atoms. The Morgan fingerprint density at radius 1 is 1.50 bits per heavy atom. The van der Waals surface area contributed by atoms with Gasteiger partial charge >= 0.3 is 6.09 Å². The number of nitrogens with two attached hydrogens (primary N) is 1. The lowest BCUT2D eigenvalue weighted by molar-refractivity contribution is -0.122. The van der Waals surface area contributed by atoms with Gasteiger partial charge in [0.05, 0.1) is 0 Å². The number of hydrogen-bond acceptors (Lipinski definition) is 4. The van der Waals surface area contributed by atoms with Gasteiger partial charge in [-0.1, -0.05) is 0 Å². The summed E-state index contributed by atoms with van der Waals surface area (Å²) in [5.74, 6) is 0. The molecule has 106 valence electrons. The molecule has 2 atom stereocenters. The summed E-state index contributed by atoms with van der Waals surface area (Å²) in [7, 11) is 0. The lowest BCUT2D eigenvalue weighted by Gasteiger charge is -2.37. The van der Waals surface area contributed by atoms with E-state index in [0.29, 0.717) is 6.54 Å². The Balaban J connectivity index is 0.000000873. The van der Waals surface area contributed by atoms with E-state index in [4.69, 9.17) is 20.4 Å². The molecule has 3 N–H and O–H groups in total. The van der Waals surface area contributed by atoms with Crippen LogP contribution in [-0.2, 0) is 9.53 Å². The largest absolute Gasteiger partial charge is 0.483 e. The van der Waals surface area contributed by atoms with Gasteiger partial charge in [-0.25, -0.2) is 4.79 Å². The predicted octanol–water partition coefficient (Wildman–Crippen LogP) is 1.43. The number of likely N-dealkylation sites (tertiary alicyclic amines) is 1. The minimum absolute atomic E-state index is 0.184. The maximum atomic E-state index is 11.8. The Bertz CT molecular complexity index is 276. The van der Waals surface area contributed by atoms with Crippen molar-refractivity contribution in [2.24, 2.45) is 5.73 Å². The van der Waals surface area contributed by atoms with Crippen molar-refractivity contribution in [3.63, 3.8) is 0 Å². The molecule has 1 fully saturated rings. The Morgan fingerprint density at radius 2 is 2.00 bits per heavy atom. The van der Waals surface area contributed by atoms with Gasteiger partial charge in [0, 0.05) is 18.6 Å². The highest BCUT2D eigenvalue weighted by Crippen LogP contribution is 2.19. The first-order valence-electron chi connectivity index (χ1n) is 6.04. The Kier molecular flexibility index (Phi) is 6.68. The predicted molar refractivity (Wildman–Crippen MR) is 68.3 cm³/mol. The molecule has 1 aliphatic rings. The van der Waals surface area contributed by atoms with Gasteiger partial charge in [-0.05, 0) is 40.5 Å². The molecule has 1 heterocycles. The van der Waals surface area contributed by atoms with Crippen LogP contribution in [-0.4, -0.2) is 46.8 Å². The molecule has 6 heteroatoms. The number of piperidine rings is 1. The van der Waals surface area contributed by atoms with Gasteiger partial charge in [-0.3, -0.25) is 4.79 Å². The Morgan fingerprint density at radius 3 is 2.39 bits per heavy atom. The van der Waals surface area contributed by atoms with E-state index in [1.54, 1.807) is 4.90 Å². The maximum absolute atomic E-state index is 11.8. The van der Waals surface area contributed by atoms with E-state index in [9.17, 15) is 4.79 Å².